The molecule has 2 atom stereocenters. The molecule has 0 saturated heterocycles. The van der Waals surface area contributed by atoms with E-state index in [9.17, 15) is 13.5 Å². The molecule has 0 bridgehead atoms. The Balaban J connectivity index is 2.29. The van der Waals surface area contributed by atoms with E-state index in [0.29, 0.717) is 18.8 Å². The predicted molar refractivity (Wildman–Crippen MR) is 76.0 cm³/mol. The van der Waals surface area contributed by atoms with Gasteiger partial charge in [0, 0.05) is 7.05 Å². The number of aromatic nitrogens is 2. The van der Waals surface area contributed by atoms with Crippen LogP contribution in [-0.2, 0) is 17.1 Å². The second-order valence-electron chi connectivity index (χ2n) is 5.70. The van der Waals surface area contributed by atoms with Gasteiger partial charge in [0.2, 0.25) is 5.03 Å². The Bertz CT molecular complexity index is 587. The standard InChI is InChI=1S/C12H20ClN3O3S/c1-9-4-3-5-12(6-9,7-17)15-20(18,19)11-10(13)16(2)8-14-11/h8-9,15,17H,3-7H2,1-2H3. The van der Waals surface area contributed by atoms with Gasteiger partial charge >= 0.3 is 0 Å². The Morgan fingerprint density at radius 1 is 1.65 bits per heavy atom. The Kier molecular flexibility index (Phi) is 4.44. The normalized spacial score (nSPS) is 27.7. The van der Waals surface area contributed by atoms with Crippen LogP contribution in [-0.4, -0.2) is 35.2 Å². The summed E-state index contributed by atoms with van der Waals surface area (Å²) >= 11 is 5.95. The maximum atomic E-state index is 12.4. The molecule has 0 aromatic carbocycles. The summed E-state index contributed by atoms with van der Waals surface area (Å²) < 4.78 is 28.9. The summed E-state index contributed by atoms with van der Waals surface area (Å²) in [6, 6.07) is 0. The van der Waals surface area contributed by atoms with Crippen LogP contribution in [0.3, 0.4) is 0 Å². The van der Waals surface area contributed by atoms with Crippen molar-refractivity contribution in [2.45, 2.75) is 43.2 Å². The summed E-state index contributed by atoms with van der Waals surface area (Å²) in [4.78, 5) is 3.84. The quantitative estimate of drug-likeness (QED) is 0.875. The Morgan fingerprint density at radius 2 is 2.35 bits per heavy atom. The molecule has 1 aromatic rings. The number of hydrogen-bond donors (Lipinski definition) is 2. The number of aliphatic hydroxyl groups excluding tert-OH is 1. The first-order valence-corrected chi connectivity index (χ1v) is 8.47. The third-order valence-corrected chi connectivity index (χ3v) is 5.90. The average Bonchev–Trinajstić information content (AvgIpc) is 2.70. The minimum Gasteiger partial charge on any atom is -0.394 e. The maximum absolute atomic E-state index is 12.4. The molecule has 0 spiro atoms. The number of hydrogen-bond acceptors (Lipinski definition) is 4. The third kappa shape index (κ3) is 3.00. The molecular weight excluding hydrogens is 302 g/mol. The lowest BCUT2D eigenvalue weighted by Crippen LogP contribution is -2.53. The fourth-order valence-electron chi connectivity index (χ4n) is 2.84. The first-order valence-electron chi connectivity index (χ1n) is 6.61. The highest BCUT2D eigenvalue weighted by Crippen LogP contribution is 2.33. The number of nitrogens with one attached hydrogen (secondary N) is 1. The summed E-state index contributed by atoms with van der Waals surface area (Å²) in [6.07, 6.45) is 4.53. The van der Waals surface area contributed by atoms with Crippen molar-refractivity contribution in [2.75, 3.05) is 6.61 Å². The lowest BCUT2D eigenvalue weighted by atomic mass is 9.78. The number of aliphatic hydroxyl groups is 1. The number of sulfonamides is 1. The van der Waals surface area contributed by atoms with Gasteiger partial charge in [0.25, 0.3) is 10.0 Å². The van der Waals surface area contributed by atoms with Crippen LogP contribution in [0.5, 0.6) is 0 Å². The van der Waals surface area contributed by atoms with E-state index in [2.05, 4.69) is 16.6 Å². The Morgan fingerprint density at radius 3 is 2.85 bits per heavy atom. The van der Waals surface area contributed by atoms with Crippen molar-refractivity contribution in [1.82, 2.24) is 14.3 Å². The fraction of sp³-hybridized carbons (Fsp3) is 0.750. The van der Waals surface area contributed by atoms with Gasteiger partial charge in [-0.15, -0.1) is 0 Å². The van der Waals surface area contributed by atoms with Crippen molar-refractivity contribution in [3.63, 3.8) is 0 Å². The van der Waals surface area contributed by atoms with Crippen molar-refractivity contribution in [1.29, 1.82) is 0 Å². The van der Waals surface area contributed by atoms with Crippen LogP contribution in [0.15, 0.2) is 11.4 Å². The summed E-state index contributed by atoms with van der Waals surface area (Å²) in [7, 11) is -2.21. The lowest BCUT2D eigenvalue weighted by molar-refractivity contribution is 0.119. The molecule has 1 heterocycles. The highest BCUT2D eigenvalue weighted by molar-refractivity contribution is 7.89. The molecule has 2 unspecified atom stereocenters. The van der Waals surface area contributed by atoms with Gasteiger partial charge in [-0.3, -0.25) is 0 Å². The van der Waals surface area contributed by atoms with E-state index in [1.807, 2.05) is 0 Å². The fourth-order valence-corrected chi connectivity index (χ4v) is 4.70. The molecular formula is C12H20ClN3O3S. The van der Waals surface area contributed by atoms with E-state index in [4.69, 9.17) is 11.6 Å². The first kappa shape index (κ1) is 15.8. The Hall–Kier alpha value is -0.630. The zero-order valence-corrected chi connectivity index (χ0v) is 13.2. The molecule has 6 nitrogen and oxygen atoms in total. The van der Waals surface area contributed by atoms with Crippen LogP contribution in [0.2, 0.25) is 5.15 Å². The predicted octanol–water partition coefficient (Wildman–Crippen LogP) is 1.29. The van der Waals surface area contributed by atoms with Crippen molar-refractivity contribution in [3.8, 4) is 0 Å². The smallest absolute Gasteiger partial charge is 0.261 e. The summed E-state index contributed by atoms with van der Waals surface area (Å²) in [5, 5.41) is 9.54. The number of imidazole rings is 1. The minimum absolute atomic E-state index is 0.0643. The molecule has 2 N–H and O–H groups in total. The van der Waals surface area contributed by atoms with E-state index < -0.39 is 15.6 Å². The van der Waals surface area contributed by atoms with Gasteiger partial charge in [-0.1, -0.05) is 31.4 Å². The van der Waals surface area contributed by atoms with Crippen molar-refractivity contribution >= 4 is 21.6 Å². The monoisotopic (exact) mass is 321 g/mol. The van der Waals surface area contributed by atoms with Gasteiger partial charge in [-0.25, -0.2) is 18.1 Å². The summed E-state index contributed by atoms with van der Waals surface area (Å²) in [6.45, 7) is 1.84. The van der Waals surface area contributed by atoms with E-state index in [-0.39, 0.29) is 16.8 Å². The largest absolute Gasteiger partial charge is 0.394 e. The molecule has 0 aliphatic heterocycles. The highest BCUT2D eigenvalue weighted by Gasteiger charge is 2.39. The van der Waals surface area contributed by atoms with Crippen molar-refractivity contribution in [2.24, 2.45) is 13.0 Å². The van der Waals surface area contributed by atoms with E-state index in [1.54, 1.807) is 7.05 Å². The molecule has 1 aromatic heterocycles. The van der Waals surface area contributed by atoms with Gasteiger partial charge in [-0.2, -0.15) is 0 Å². The van der Waals surface area contributed by atoms with E-state index in [1.165, 1.54) is 10.9 Å². The lowest BCUT2D eigenvalue weighted by Gasteiger charge is -2.38. The topological polar surface area (TPSA) is 84.2 Å². The van der Waals surface area contributed by atoms with Crippen LogP contribution in [0.1, 0.15) is 32.6 Å². The molecule has 20 heavy (non-hydrogen) atoms. The average molecular weight is 322 g/mol. The van der Waals surface area contributed by atoms with Gasteiger partial charge < -0.3 is 9.67 Å². The van der Waals surface area contributed by atoms with Crippen LogP contribution < -0.4 is 4.72 Å². The summed E-state index contributed by atoms with van der Waals surface area (Å²) in [5.41, 5.74) is -0.808. The van der Waals surface area contributed by atoms with Crippen LogP contribution in [0.25, 0.3) is 0 Å². The van der Waals surface area contributed by atoms with Crippen LogP contribution in [0, 0.1) is 5.92 Å². The zero-order valence-electron chi connectivity index (χ0n) is 11.6. The zero-order chi connectivity index (χ0) is 15.0. The summed E-state index contributed by atoms with van der Waals surface area (Å²) in [5.74, 6) is 0.373. The Labute approximate surface area is 124 Å². The molecule has 1 fully saturated rings. The number of aryl methyl sites for hydroxylation is 1. The third-order valence-electron chi connectivity index (χ3n) is 3.83. The molecule has 0 radical (unpaired) electrons. The van der Waals surface area contributed by atoms with E-state index >= 15 is 0 Å². The molecule has 1 saturated carbocycles. The number of rotatable bonds is 4. The highest BCUT2D eigenvalue weighted by atomic mass is 35.5. The van der Waals surface area contributed by atoms with Crippen LogP contribution >= 0.6 is 11.6 Å². The molecule has 0 amide bonds. The molecule has 114 valence electrons. The first-order chi connectivity index (χ1) is 9.30. The second kappa shape index (κ2) is 5.63. The molecule has 1 aliphatic rings. The molecule has 1 aliphatic carbocycles. The van der Waals surface area contributed by atoms with Gasteiger partial charge in [0.1, 0.15) is 5.15 Å². The molecule has 2 rings (SSSR count). The van der Waals surface area contributed by atoms with Gasteiger partial charge in [0.05, 0.1) is 18.5 Å². The van der Waals surface area contributed by atoms with Crippen molar-refractivity contribution in [3.05, 3.63) is 11.5 Å². The van der Waals surface area contributed by atoms with Crippen LogP contribution in [0.4, 0.5) is 0 Å². The van der Waals surface area contributed by atoms with Gasteiger partial charge in [0.15, 0.2) is 0 Å². The maximum Gasteiger partial charge on any atom is 0.261 e. The number of nitrogens with zero attached hydrogens (tertiary/aromatic N) is 2. The second-order valence-corrected chi connectivity index (χ2v) is 7.65. The number of halogens is 1. The SMILES string of the molecule is CC1CCCC(CO)(NS(=O)(=O)c2ncn(C)c2Cl)C1. The van der Waals surface area contributed by atoms with E-state index in [0.717, 1.165) is 12.8 Å². The van der Waals surface area contributed by atoms with Gasteiger partial charge in [-0.05, 0) is 18.8 Å². The molecule has 8 heteroatoms. The van der Waals surface area contributed by atoms with Crippen molar-refractivity contribution < 1.29 is 13.5 Å². The minimum atomic E-state index is -3.84.